The number of ether oxygens (including phenoxy) is 1. The number of hydrogen-bond donors (Lipinski definition) is 3. The van der Waals surface area contributed by atoms with Crippen LogP contribution in [0, 0.1) is 0 Å². The van der Waals surface area contributed by atoms with Crippen LogP contribution in [0.4, 0.5) is 0 Å². The van der Waals surface area contributed by atoms with Crippen LogP contribution in [0.3, 0.4) is 0 Å². The summed E-state index contributed by atoms with van der Waals surface area (Å²) < 4.78 is 22.4. The van der Waals surface area contributed by atoms with E-state index in [9.17, 15) is 9.36 Å². The SMILES string of the molecule is O=c1[nH]ccc2c1ncn2[C@@H]1CO[C@H](COP(=O)(O)O)C1. The second kappa shape index (κ2) is 5.36. The lowest BCUT2D eigenvalue weighted by Gasteiger charge is -2.12. The summed E-state index contributed by atoms with van der Waals surface area (Å²) in [6.07, 6.45) is 3.24. The second-order valence-electron chi connectivity index (χ2n) is 4.82. The zero-order valence-corrected chi connectivity index (χ0v) is 11.8. The number of hydrogen-bond acceptors (Lipinski definition) is 5. The lowest BCUT2D eigenvalue weighted by molar-refractivity contribution is 0.0534. The minimum Gasteiger partial charge on any atom is -0.374 e. The van der Waals surface area contributed by atoms with Gasteiger partial charge in [-0.3, -0.25) is 9.32 Å². The molecule has 1 aliphatic rings. The molecule has 0 unspecified atom stereocenters. The summed E-state index contributed by atoms with van der Waals surface area (Å²) in [6, 6.07) is 1.70. The van der Waals surface area contributed by atoms with E-state index in [1.54, 1.807) is 18.6 Å². The van der Waals surface area contributed by atoms with Gasteiger partial charge in [-0.1, -0.05) is 0 Å². The molecule has 1 aliphatic heterocycles. The number of phosphoric ester groups is 1. The van der Waals surface area contributed by atoms with E-state index in [0.717, 1.165) is 0 Å². The van der Waals surface area contributed by atoms with E-state index in [2.05, 4.69) is 14.5 Å². The molecule has 3 rings (SSSR count). The number of aromatic amines is 1. The van der Waals surface area contributed by atoms with Gasteiger partial charge in [0, 0.05) is 6.20 Å². The summed E-state index contributed by atoms with van der Waals surface area (Å²) in [5.41, 5.74) is 0.794. The first kappa shape index (κ1) is 14.4. The number of aromatic nitrogens is 3. The predicted octanol–water partition coefficient (Wildman–Crippen LogP) is 0.164. The Morgan fingerprint density at radius 3 is 3.14 bits per heavy atom. The molecule has 1 saturated heterocycles. The normalized spacial score (nSPS) is 23.0. The molecular weight excluding hydrogens is 301 g/mol. The van der Waals surface area contributed by atoms with Gasteiger partial charge in [-0.2, -0.15) is 0 Å². The van der Waals surface area contributed by atoms with Crippen molar-refractivity contribution >= 4 is 18.9 Å². The Hall–Kier alpha value is -1.51. The Balaban J connectivity index is 1.75. The lowest BCUT2D eigenvalue weighted by Crippen LogP contribution is -2.14. The molecule has 3 N–H and O–H groups in total. The molecular formula is C11H14N3O6P. The summed E-state index contributed by atoms with van der Waals surface area (Å²) in [6.45, 7) is 0.196. The summed E-state index contributed by atoms with van der Waals surface area (Å²) in [4.78, 5) is 35.6. The van der Waals surface area contributed by atoms with E-state index < -0.39 is 13.9 Å². The third-order valence-electron chi connectivity index (χ3n) is 3.38. The molecule has 10 heteroatoms. The van der Waals surface area contributed by atoms with E-state index in [-0.39, 0.29) is 18.2 Å². The number of imidazole rings is 1. The molecule has 0 amide bonds. The van der Waals surface area contributed by atoms with Gasteiger partial charge in [0.2, 0.25) is 0 Å². The molecule has 114 valence electrons. The first-order valence-corrected chi connectivity index (χ1v) is 7.83. The third kappa shape index (κ3) is 3.07. The van der Waals surface area contributed by atoms with Crippen molar-refractivity contribution in [1.82, 2.24) is 14.5 Å². The average Bonchev–Trinajstić information content (AvgIpc) is 3.02. The summed E-state index contributed by atoms with van der Waals surface area (Å²) in [5.74, 6) is 0. The Labute approximate surface area is 118 Å². The maximum absolute atomic E-state index is 11.6. The van der Waals surface area contributed by atoms with E-state index in [4.69, 9.17) is 14.5 Å². The maximum atomic E-state index is 11.6. The van der Waals surface area contributed by atoms with Crippen LogP contribution in [0.25, 0.3) is 11.0 Å². The molecule has 0 radical (unpaired) electrons. The zero-order chi connectivity index (χ0) is 15.0. The first-order chi connectivity index (χ1) is 9.94. The smallest absolute Gasteiger partial charge is 0.374 e. The fraction of sp³-hybridized carbons (Fsp3) is 0.455. The number of nitrogens with zero attached hydrogens (tertiary/aromatic N) is 2. The van der Waals surface area contributed by atoms with E-state index in [1.807, 2.05) is 4.57 Å². The highest BCUT2D eigenvalue weighted by molar-refractivity contribution is 7.46. The molecule has 0 bridgehead atoms. The fourth-order valence-corrected chi connectivity index (χ4v) is 2.80. The number of pyridine rings is 1. The topological polar surface area (TPSA) is 127 Å². The highest BCUT2D eigenvalue weighted by Crippen LogP contribution is 2.37. The van der Waals surface area contributed by atoms with Gasteiger partial charge in [0.25, 0.3) is 5.56 Å². The van der Waals surface area contributed by atoms with Crippen molar-refractivity contribution in [2.24, 2.45) is 0 Å². The van der Waals surface area contributed by atoms with Crippen LogP contribution < -0.4 is 5.56 Å². The van der Waals surface area contributed by atoms with Crippen LogP contribution >= 0.6 is 7.82 Å². The maximum Gasteiger partial charge on any atom is 0.469 e. The molecule has 2 aromatic rings. The van der Waals surface area contributed by atoms with Gasteiger partial charge in [-0.25, -0.2) is 9.55 Å². The van der Waals surface area contributed by atoms with Crippen LogP contribution in [0.2, 0.25) is 0 Å². The molecule has 0 saturated carbocycles. The van der Waals surface area contributed by atoms with Crippen LogP contribution in [-0.4, -0.2) is 43.6 Å². The predicted molar refractivity (Wildman–Crippen MR) is 71.7 cm³/mol. The lowest BCUT2D eigenvalue weighted by atomic mass is 10.2. The zero-order valence-electron chi connectivity index (χ0n) is 10.9. The number of rotatable bonds is 4. The third-order valence-corrected chi connectivity index (χ3v) is 3.87. The van der Waals surface area contributed by atoms with Crippen molar-refractivity contribution in [2.75, 3.05) is 13.2 Å². The van der Waals surface area contributed by atoms with E-state index in [1.165, 1.54) is 0 Å². The largest absolute Gasteiger partial charge is 0.469 e. The van der Waals surface area contributed by atoms with Crippen molar-refractivity contribution < 1.29 is 23.6 Å². The van der Waals surface area contributed by atoms with Gasteiger partial charge in [0.15, 0.2) is 5.52 Å². The van der Waals surface area contributed by atoms with Gasteiger partial charge < -0.3 is 24.1 Å². The van der Waals surface area contributed by atoms with Crippen molar-refractivity contribution in [3.63, 3.8) is 0 Å². The van der Waals surface area contributed by atoms with Gasteiger partial charge in [0.1, 0.15) is 0 Å². The minimum absolute atomic E-state index is 0.0535. The Morgan fingerprint density at radius 1 is 1.57 bits per heavy atom. The molecule has 0 aromatic carbocycles. The molecule has 3 heterocycles. The molecule has 2 aromatic heterocycles. The Morgan fingerprint density at radius 2 is 2.38 bits per heavy atom. The highest BCUT2D eigenvalue weighted by atomic mass is 31.2. The van der Waals surface area contributed by atoms with Gasteiger partial charge in [-0.15, -0.1) is 0 Å². The van der Waals surface area contributed by atoms with Crippen LogP contribution in [0.5, 0.6) is 0 Å². The molecule has 2 atom stereocenters. The monoisotopic (exact) mass is 315 g/mol. The van der Waals surface area contributed by atoms with Crippen LogP contribution in [-0.2, 0) is 13.8 Å². The van der Waals surface area contributed by atoms with E-state index in [0.29, 0.717) is 24.1 Å². The van der Waals surface area contributed by atoms with Crippen molar-refractivity contribution in [1.29, 1.82) is 0 Å². The Kier molecular flexibility index (Phi) is 3.68. The molecule has 0 aliphatic carbocycles. The van der Waals surface area contributed by atoms with Gasteiger partial charge >= 0.3 is 7.82 Å². The first-order valence-electron chi connectivity index (χ1n) is 6.30. The van der Waals surface area contributed by atoms with Gasteiger partial charge in [-0.05, 0) is 12.5 Å². The quantitative estimate of drug-likeness (QED) is 0.686. The molecule has 9 nitrogen and oxygen atoms in total. The summed E-state index contributed by atoms with van der Waals surface area (Å²) in [7, 11) is -4.49. The number of phosphoric acid groups is 1. The van der Waals surface area contributed by atoms with Crippen LogP contribution in [0.1, 0.15) is 12.5 Å². The number of nitrogens with one attached hydrogen (secondary N) is 1. The average molecular weight is 315 g/mol. The highest BCUT2D eigenvalue weighted by Gasteiger charge is 2.30. The van der Waals surface area contributed by atoms with Crippen molar-refractivity contribution in [2.45, 2.75) is 18.6 Å². The molecule has 21 heavy (non-hydrogen) atoms. The number of fused-ring (bicyclic) bond motifs is 1. The van der Waals surface area contributed by atoms with Crippen LogP contribution in [0.15, 0.2) is 23.4 Å². The second-order valence-corrected chi connectivity index (χ2v) is 6.06. The van der Waals surface area contributed by atoms with Crippen molar-refractivity contribution in [3.8, 4) is 0 Å². The summed E-state index contributed by atoms with van der Waals surface area (Å²) in [5, 5.41) is 0. The fourth-order valence-electron chi connectivity index (χ4n) is 2.44. The number of H-pyrrole nitrogens is 1. The molecule has 0 spiro atoms. The van der Waals surface area contributed by atoms with Crippen molar-refractivity contribution in [3.05, 3.63) is 28.9 Å². The van der Waals surface area contributed by atoms with E-state index >= 15 is 0 Å². The van der Waals surface area contributed by atoms with Gasteiger partial charge in [0.05, 0.1) is 37.2 Å². The standard InChI is InChI=1S/C11H14N3O6P/c15-11-10-9(1-2-12-11)14(6-13-10)7-3-8(19-4-7)5-20-21(16,17)18/h1-2,6-8H,3-5H2,(H,12,15)(H2,16,17,18)/t7-,8-/m0/s1. The minimum atomic E-state index is -4.49. The Bertz CT molecular complexity index is 750. The molecule has 1 fully saturated rings. The summed E-state index contributed by atoms with van der Waals surface area (Å²) >= 11 is 0.